The number of hydrogen-bond acceptors (Lipinski definition) is 5. The molecule has 1 atom stereocenters. The van der Waals surface area contributed by atoms with Crippen molar-refractivity contribution in [3.63, 3.8) is 0 Å². The fraction of sp³-hybridized carbons (Fsp3) is 0.812. The van der Waals surface area contributed by atoms with Crippen LogP contribution in [0.5, 0.6) is 0 Å². The summed E-state index contributed by atoms with van der Waals surface area (Å²) < 4.78 is 0. The van der Waals surface area contributed by atoms with Gasteiger partial charge >= 0.3 is 5.97 Å². The lowest BCUT2D eigenvalue weighted by molar-refractivity contribution is -0.167. The molecule has 21 heavy (non-hydrogen) atoms. The van der Waals surface area contributed by atoms with Crippen molar-refractivity contribution >= 4 is 17.4 Å². The smallest absolute Gasteiger partial charge is 0.377 e. The average Bonchev–Trinajstić information content (AvgIpc) is 2.76. The molecule has 0 spiro atoms. The second-order valence-electron chi connectivity index (χ2n) is 7.50. The van der Waals surface area contributed by atoms with E-state index >= 15 is 0 Å². The van der Waals surface area contributed by atoms with Gasteiger partial charge in [-0.1, -0.05) is 31.1 Å². The zero-order chi connectivity index (χ0) is 15.7. The molecule has 1 aliphatic heterocycles. The molecule has 0 saturated heterocycles. The molecule has 1 aliphatic carbocycles. The number of hydrogen-bond donors (Lipinski definition) is 0. The summed E-state index contributed by atoms with van der Waals surface area (Å²) >= 11 is 0. The Balaban J connectivity index is 1.85. The SMILES string of the molecule is CC1=NOC(C)(C(=O)ON=C2CCC(C(C)(C)C)CC2)C1. The summed E-state index contributed by atoms with van der Waals surface area (Å²) in [5.74, 6) is 0.243. The highest BCUT2D eigenvalue weighted by atomic mass is 16.7. The molecular formula is C16H26N2O3. The Bertz CT molecular complexity index is 466. The van der Waals surface area contributed by atoms with Gasteiger partial charge in [0, 0.05) is 6.42 Å². The minimum absolute atomic E-state index is 0.336. The van der Waals surface area contributed by atoms with Gasteiger partial charge in [0.05, 0.1) is 11.4 Å². The highest BCUT2D eigenvalue weighted by molar-refractivity contribution is 5.92. The summed E-state index contributed by atoms with van der Waals surface area (Å²) in [6.45, 7) is 10.4. The first-order chi connectivity index (χ1) is 9.71. The zero-order valence-electron chi connectivity index (χ0n) is 13.7. The molecule has 2 rings (SSSR count). The van der Waals surface area contributed by atoms with Crippen molar-refractivity contribution in [2.24, 2.45) is 21.6 Å². The quantitative estimate of drug-likeness (QED) is 0.576. The predicted octanol–water partition coefficient (Wildman–Crippen LogP) is 3.68. The van der Waals surface area contributed by atoms with E-state index in [1.807, 2.05) is 6.92 Å². The fourth-order valence-electron chi connectivity index (χ4n) is 2.95. The van der Waals surface area contributed by atoms with Gasteiger partial charge in [-0.25, -0.2) is 4.79 Å². The molecule has 0 aromatic rings. The maximum Gasteiger partial charge on any atom is 0.381 e. The number of rotatable bonds is 2. The summed E-state index contributed by atoms with van der Waals surface area (Å²) in [6.07, 6.45) is 4.49. The van der Waals surface area contributed by atoms with Crippen LogP contribution in [0.2, 0.25) is 0 Å². The topological polar surface area (TPSA) is 60.2 Å². The lowest BCUT2D eigenvalue weighted by atomic mass is 9.72. The lowest BCUT2D eigenvalue weighted by Crippen LogP contribution is -2.36. The molecule has 1 heterocycles. The van der Waals surface area contributed by atoms with Crippen LogP contribution in [-0.2, 0) is 14.5 Å². The predicted molar refractivity (Wildman–Crippen MR) is 82.2 cm³/mol. The summed E-state index contributed by atoms with van der Waals surface area (Å²) in [7, 11) is 0. The molecule has 1 unspecified atom stereocenters. The summed E-state index contributed by atoms with van der Waals surface area (Å²) in [5.41, 5.74) is 1.09. The molecule has 118 valence electrons. The highest BCUT2D eigenvalue weighted by Crippen LogP contribution is 2.37. The van der Waals surface area contributed by atoms with E-state index in [9.17, 15) is 4.79 Å². The third-order valence-corrected chi connectivity index (χ3v) is 4.47. The molecule has 0 aromatic heterocycles. The van der Waals surface area contributed by atoms with Crippen LogP contribution in [0.4, 0.5) is 0 Å². The molecule has 5 nitrogen and oxygen atoms in total. The van der Waals surface area contributed by atoms with Crippen LogP contribution >= 0.6 is 0 Å². The Hall–Kier alpha value is -1.39. The molecule has 2 aliphatic rings. The molecule has 0 amide bonds. The molecule has 0 bridgehead atoms. The molecule has 1 fully saturated rings. The van der Waals surface area contributed by atoms with Crippen LogP contribution in [-0.4, -0.2) is 23.0 Å². The van der Waals surface area contributed by atoms with E-state index in [1.54, 1.807) is 6.92 Å². The Morgan fingerprint density at radius 2 is 2.00 bits per heavy atom. The van der Waals surface area contributed by atoms with Gasteiger partial charge in [-0.2, -0.15) is 0 Å². The van der Waals surface area contributed by atoms with E-state index in [4.69, 9.17) is 9.68 Å². The normalized spacial score (nSPS) is 29.7. The van der Waals surface area contributed by atoms with Gasteiger partial charge in [0.25, 0.3) is 0 Å². The Morgan fingerprint density at radius 3 is 2.48 bits per heavy atom. The molecular weight excluding hydrogens is 268 g/mol. The second kappa shape index (κ2) is 5.78. The van der Waals surface area contributed by atoms with E-state index in [0.717, 1.165) is 37.1 Å². The van der Waals surface area contributed by atoms with E-state index in [1.165, 1.54) is 0 Å². The monoisotopic (exact) mass is 294 g/mol. The van der Waals surface area contributed by atoms with Gasteiger partial charge in [-0.3, -0.25) is 0 Å². The van der Waals surface area contributed by atoms with Crippen LogP contribution in [0, 0.1) is 11.3 Å². The van der Waals surface area contributed by atoms with E-state index in [0.29, 0.717) is 17.8 Å². The Kier molecular flexibility index (Phi) is 4.40. The standard InChI is InChI=1S/C16H26N2O3/c1-11-10-16(5,21-17-11)14(19)20-18-13-8-6-12(7-9-13)15(2,3)4/h12H,6-10H2,1-5H3. The molecule has 5 heteroatoms. The first kappa shape index (κ1) is 16.0. The van der Waals surface area contributed by atoms with Crippen LogP contribution in [0.25, 0.3) is 0 Å². The maximum absolute atomic E-state index is 12.1. The molecule has 0 aromatic carbocycles. The van der Waals surface area contributed by atoms with Crippen molar-refractivity contribution in [1.82, 2.24) is 0 Å². The fourth-order valence-corrected chi connectivity index (χ4v) is 2.95. The van der Waals surface area contributed by atoms with Gasteiger partial charge in [0.2, 0.25) is 5.60 Å². The highest BCUT2D eigenvalue weighted by Gasteiger charge is 2.43. The number of oxime groups is 2. The van der Waals surface area contributed by atoms with Crippen molar-refractivity contribution in [2.75, 3.05) is 0 Å². The van der Waals surface area contributed by atoms with Crippen LogP contribution in [0.15, 0.2) is 10.3 Å². The maximum atomic E-state index is 12.1. The number of nitrogens with zero attached hydrogens (tertiary/aromatic N) is 2. The van der Waals surface area contributed by atoms with Crippen LogP contribution < -0.4 is 0 Å². The van der Waals surface area contributed by atoms with Crippen molar-refractivity contribution < 1.29 is 14.5 Å². The van der Waals surface area contributed by atoms with E-state index in [-0.39, 0.29) is 0 Å². The largest absolute Gasteiger partial charge is 0.381 e. The van der Waals surface area contributed by atoms with Crippen molar-refractivity contribution in [3.05, 3.63) is 0 Å². The summed E-state index contributed by atoms with van der Waals surface area (Å²) in [4.78, 5) is 22.3. The number of carbonyl (C=O) groups is 1. The van der Waals surface area contributed by atoms with Gasteiger partial charge in [-0.15, -0.1) is 0 Å². The second-order valence-corrected chi connectivity index (χ2v) is 7.50. The average molecular weight is 294 g/mol. The van der Waals surface area contributed by atoms with Crippen LogP contribution in [0.3, 0.4) is 0 Å². The Labute approximate surface area is 126 Å². The number of carbonyl (C=O) groups excluding carboxylic acids is 1. The van der Waals surface area contributed by atoms with Crippen molar-refractivity contribution in [3.8, 4) is 0 Å². The van der Waals surface area contributed by atoms with Crippen molar-refractivity contribution in [2.45, 2.75) is 72.3 Å². The first-order valence-electron chi connectivity index (χ1n) is 7.69. The van der Waals surface area contributed by atoms with Gasteiger partial charge in [0.15, 0.2) is 0 Å². The molecule has 0 radical (unpaired) electrons. The van der Waals surface area contributed by atoms with Crippen molar-refractivity contribution in [1.29, 1.82) is 0 Å². The van der Waals surface area contributed by atoms with Gasteiger partial charge in [0.1, 0.15) is 0 Å². The van der Waals surface area contributed by atoms with E-state index in [2.05, 4.69) is 31.1 Å². The molecule has 1 saturated carbocycles. The van der Waals surface area contributed by atoms with Gasteiger partial charge < -0.3 is 9.68 Å². The van der Waals surface area contributed by atoms with E-state index < -0.39 is 11.6 Å². The minimum atomic E-state index is -1.02. The summed E-state index contributed by atoms with van der Waals surface area (Å²) in [5, 5.41) is 7.86. The van der Waals surface area contributed by atoms with Crippen LogP contribution in [0.1, 0.15) is 66.7 Å². The van der Waals surface area contributed by atoms with Gasteiger partial charge in [-0.05, 0) is 50.9 Å². The first-order valence-corrected chi connectivity index (χ1v) is 7.69. The third-order valence-electron chi connectivity index (χ3n) is 4.47. The summed E-state index contributed by atoms with van der Waals surface area (Å²) in [6, 6.07) is 0. The third kappa shape index (κ3) is 3.83. The lowest BCUT2D eigenvalue weighted by Gasteiger charge is -2.34. The molecule has 0 N–H and O–H groups in total. The zero-order valence-corrected chi connectivity index (χ0v) is 13.7. The minimum Gasteiger partial charge on any atom is -0.377 e. The Morgan fingerprint density at radius 1 is 1.38 bits per heavy atom.